The number of anilines is 1. The molecule has 7 heteroatoms. The summed E-state index contributed by atoms with van der Waals surface area (Å²) in [5.74, 6) is 0.979. The molecular weight excluding hydrogens is 414 g/mol. The maximum absolute atomic E-state index is 11.7. The molecule has 1 aromatic carbocycles. The van der Waals surface area contributed by atoms with Gasteiger partial charge in [0.05, 0.1) is 0 Å². The zero-order valence-corrected chi connectivity index (χ0v) is 16.3. The summed E-state index contributed by atoms with van der Waals surface area (Å²) in [5, 5.41) is 2.68. The molecule has 0 aliphatic rings. The van der Waals surface area contributed by atoms with Crippen LogP contribution >= 0.6 is 19.4 Å². The van der Waals surface area contributed by atoms with Gasteiger partial charge in [0.15, 0.2) is 0 Å². The van der Waals surface area contributed by atoms with E-state index in [4.69, 9.17) is 28.9 Å². The number of rotatable bonds is 6. The van der Waals surface area contributed by atoms with E-state index in [2.05, 4.69) is 5.32 Å². The number of carbonyl (C=O) groups excluding carboxylic acids is 1. The van der Waals surface area contributed by atoms with Crippen LogP contribution in [0.1, 0.15) is 33.3 Å². The van der Waals surface area contributed by atoms with Crippen molar-refractivity contribution in [3.8, 4) is 5.75 Å². The van der Waals surface area contributed by atoms with Crippen molar-refractivity contribution in [3.63, 3.8) is 0 Å². The van der Waals surface area contributed by atoms with Crippen LogP contribution < -0.4 is 10.1 Å². The summed E-state index contributed by atoms with van der Waals surface area (Å²) >= 11 is -2.00. The first-order valence-corrected chi connectivity index (χ1v) is 12.3. The monoisotopic (exact) mass is 435 g/mol. The molecule has 0 aliphatic carbocycles. The normalized spacial score (nSPS) is 11.4. The quantitative estimate of drug-likeness (QED) is 0.656. The van der Waals surface area contributed by atoms with Crippen LogP contribution in [0.4, 0.5) is 10.5 Å². The van der Waals surface area contributed by atoms with E-state index in [1.165, 1.54) is 0 Å². The van der Waals surface area contributed by atoms with Crippen molar-refractivity contribution < 1.29 is 27.8 Å². The summed E-state index contributed by atoms with van der Waals surface area (Å²) in [7, 11) is 11.9. The molecular formula is C15H21Cl2NO3Ru. The third kappa shape index (κ3) is 7.57. The average molecular weight is 435 g/mol. The Morgan fingerprint density at radius 3 is 2.55 bits per heavy atom. The van der Waals surface area contributed by atoms with Crippen LogP contribution in [-0.4, -0.2) is 23.4 Å². The molecule has 0 atom stereocenters. The zero-order valence-electron chi connectivity index (χ0n) is 13.0. The van der Waals surface area contributed by atoms with Gasteiger partial charge in [0.2, 0.25) is 0 Å². The molecule has 1 amide bonds. The number of amides is 1. The zero-order chi connectivity index (χ0) is 16.7. The topological polar surface area (TPSA) is 47.6 Å². The van der Waals surface area contributed by atoms with E-state index in [9.17, 15) is 4.79 Å². The molecule has 0 heterocycles. The molecule has 1 N–H and O–H groups in total. The summed E-state index contributed by atoms with van der Waals surface area (Å²) in [6.45, 7) is 8.21. The summed E-state index contributed by atoms with van der Waals surface area (Å²) in [4.78, 5) is 11.7. The van der Waals surface area contributed by atoms with E-state index < -0.39 is 19.6 Å². The Morgan fingerprint density at radius 1 is 1.32 bits per heavy atom. The fourth-order valence-corrected chi connectivity index (χ4v) is 3.33. The van der Waals surface area contributed by atoms with Gasteiger partial charge < -0.3 is 0 Å². The third-order valence-corrected chi connectivity index (χ3v) is 4.19. The average Bonchev–Trinajstić information content (AvgIpc) is 2.38. The summed E-state index contributed by atoms with van der Waals surface area (Å²) in [5.41, 5.74) is 1.39. The summed E-state index contributed by atoms with van der Waals surface area (Å²) in [6.07, 6.45) is -0.448. The van der Waals surface area contributed by atoms with E-state index in [0.29, 0.717) is 18.0 Å². The molecule has 126 valence electrons. The van der Waals surface area contributed by atoms with Crippen LogP contribution in [-0.2, 0) is 18.3 Å². The van der Waals surface area contributed by atoms with Gasteiger partial charge in [-0.2, -0.15) is 0 Å². The molecule has 22 heavy (non-hydrogen) atoms. The van der Waals surface area contributed by atoms with Crippen molar-refractivity contribution in [2.45, 2.75) is 33.8 Å². The molecule has 4 nitrogen and oxygen atoms in total. The predicted molar refractivity (Wildman–Crippen MR) is 88.9 cm³/mol. The molecule has 0 aliphatic heterocycles. The Labute approximate surface area is 144 Å². The molecule has 1 rings (SSSR count). The Morgan fingerprint density at radius 2 is 2.00 bits per heavy atom. The number of hydrogen-bond acceptors (Lipinski definition) is 3. The van der Waals surface area contributed by atoms with Crippen molar-refractivity contribution >= 4 is 35.8 Å². The minimum absolute atomic E-state index is 0.0354. The molecule has 0 bridgehead atoms. The van der Waals surface area contributed by atoms with Crippen LogP contribution in [0.25, 0.3) is 0 Å². The number of halogens is 2. The second kappa shape index (κ2) is 9.49. The van der Waals surface area contributed by atoms with Crippen molar-refractivity contribution in [1.82, 2.24) is 0 Å². The van der Waals surface area contributed by atoms with Crippen LogP contribution in [0.2, 0.25) is 0 Å². The van der Waals surface area contributed by atoms with Crippen LogP contribution in [0.15, 0.2) is 18.2 Å². The van der Waals surface area contributed by atoms with Crippen molar-refractivity contribution in [3.05, 3.63) is 23.8 Å². The van der Waals surface area contributed by atoms with E-state index in [0.717, 1.165) is 5.56 Å². The fourth-order valence-electron chi connectivity index (χ4n) is 1.55. The van der Waals surface area contributed by atoms with Crippen LogP contribution in [0.3, 0.4) is 0 Å². The molecule has 0 radical (unpaired) electrons. The van der Waals surface area contributed by atoms with Gasteiger partial charge in [-0.05, 0) is 0 Å². The third-order valence-electron chi connectivity index (χ3n) is 2.35. The summed E-state index contributed by atoms with van der Waals surface area (Å²) in [6, 6.07) is 5.32. The number of benzene rings is 1. The maximum atomic E-state index is 11.7. The van der Waals surface area contributed by atoms with Crippen molar-refractivity contribution in [2.75, 3.05) is 11.9 Å². The molecule has 0 saturated heterocycles. The SMILES string of the molecule is CC(C)COC(=O)Nc1ccc(OC(C)C)c([CH]=[Ru]([Cl])[Cl])c1. The first-order valence-electron chi connectivity index (χ1n) is 6.85. The predicted octanol–water partition coefficient (Wildman–Crippen LogP) is 4.75. The van der Waals surface area contributed by atoms with E-state index in [-0.39, 0.29) is 12.0 Å². The molecule has 0 fully saturated rings. The Bertz CT molecular complexity index is 544. The van der Waals surface area contributed by atoms with Gasteiger partial charge in [-0.1, -0.05) is 0 Å². The van der Waals surface area contributed by atoms with Crippen LogP contribution in [0.5, 0.6) is 5.75 Å². The Kier molecular flexibility index (Phi) is 8.37. The second-order valence-electron chi connectivity index (χ2n) is 5.34. The molecule has 0 aromatic heterocycles. The molecule has 1 aromatic rings. The summed E-state index contributed by atoms with van der Waals surface area (Å²) < 4.78 is 12.6. The number of hydrogen-bond donors (Lipinski definition) is 1. The molecule has 0 unspecified atom stereocenters. The van der Waals surface area contributed by atoms with Gasteiger partial charge >= 0.3 is 145 Å². The standard InChI is InChI=1S/C15H21NO3.2ClH.Ru/c1-10(2)9-18-15(17)16-13-6-7-14(12(5)8-13)19-11(3)4;;;/h5-8,10-11H,9H2,1-4H3,(H,16,17);2*1H;/q;;;+2/p-2. The number of nitrogens with one attached hydrogen (secondary N) is 1. The van der Waals surface area contributed by atoms with Gasteiger partial charge in [0.1, 0.15) is 0 Å². The molecule has 0 saturated carbocycles. The first kappa shape index (κ1) is 19.4. The van der Waals surface area contributed by atoms with Crippen molar-refractivity contribution in [2.24, 2.45) is 5.92 Å². The fraction of sp³-hybridized carbons (Fsp3) is 0.467. The van der Waals surface area contributed by atoms with E-state index in [1.54, 1.807) is 22.8 Å². The van der Waals surface area contributed by atoms with Gasteiger partial charge in [0, 0.05) is 0 Å². The van der Waals surface area contributed by atoms with Crippen LogP contribution in [0, 0.1) is 5.92 Å². The van der Waals surface area contributed by atoms with E-state index >= 15 is 0 Å². The van der Waals surface area contributed by atoms with Gasteiger partial charge in [-0.3, -0.25) is 0 Å². The Balaban J connectivity index is 2.89. The van der Waals surface area contributed by atoms with Gasteiger partial charge in [0.25, 0.3) is 0 Å². The minimum atomic E-state index is -2.00. The number of carbonyl (C=O) groups is 1. The first-order chi connectivity index (χ1) is 10.3. The number of ether oxygens (including phenoxy) is 2. The second-order valence-corrected chi connectivity index (χ2v) is 11.1. The van der Waals surface area contributed by atoms with Gasteiger partial charge in [-0.15, -0.1) is 0 Å². The Hall–Kier alpha value is -0.637. The van der Waals surface area contributed by atoms with E-state index in [1.807, 2.05) is 27.7 Å². The molecule has 0 spiro atoms. The van der Waals surface area contributed by atoms with Gasteiger partial charge in [-0.25, -0.2) is 0 Å². The van der Waals surface area contributed by atoms with Crippen molar-refractivity contribution in [1.29, 1.82) is 0 Å².